The molecule has 16 heavy (non-hydrogen) atoms. The Bertz CT molecular complexity index is 317. The molecule has 4 heteroatoms. The summed E-state index contributed by atoms with van der Waals surface area (Å²) in [7, 11) is 1.71. The SMILES string of the molecule is COCCC(C)C(NN)c1cc(C)ccn1. The number of ether oxygens (including phenoxy) is 1. The summed E-state index contributed by atoms with van der Waals surface area (Å²) in [5.41, 5.74) is 5.03. The zero-order valence-corrected chi connectivity index (χ0v) is 10.2. The third kappa shape index (κ3) is 3.56. The third-order valence-corrected chi connectivity index (χ3v) is 2.78. The number of nitrogens with zero attached hydrogens (tertiary/aromatic N) is 1. The van der Waals surface area contributed by atoms with Gasteiger partial charge in [0.05, 0.1) is 11.7 Å². The number of hydrogen-bond donors (Lipinski definition) is 2. The molecule has 0 radical (unpaired) electrons. The van der Waals surface area contributed by atoms with Crippen molar-refractivity contribution in [2.45, 2.75) is 26.3 Å². The lowest BCUT2D eigenvalue weighted by atomic mass is 9.95. The predicted octanol–water partition coefficient (Wildman–Crippen LogP) is 1.57. The molecule has 0 bridgehead atoms. The van der Waals surface area contributed by atoms with Crippen LogP contribution < -0.4 is 11.3 Å². The molecule has 2 unspecified atom stereocenters. The molecule has 0 aliphatic rings. The minimum Gasteiger partial charge on any atom is -0.385 e. The van der Waals surface area contributed by atoms with Crippen molar-refractivity contribution in [1.29, 1.82) is 0 Å². The Labute approximate surface area is 97.2 Å². The van der Waals surface area contributed by atoms with Crippen molar-refractivity contribution in [1.82, 2.24) is 10.4 Å². The van der Waals surface area contributed by atoms with Gasteiger partial charge in [-0.15, -0.1) is 0 Å². The maximum absolute atomic E-state index is 5.60. The smallest absolute Gasteiger partial charge is 0.0658 e. The Kier molecular flexibility index (Phi) is 5.38. The van der Waals surface area contributed by atoms with Gasteiger partial charge in [0, 0.05) is 19.9 Å². The zero-order chi connectivity index (χ0) is 12.0. The Balaban J connectivity index is 2.73. The monoisotopic (exact) mass is 223 g/mol. The maximum atomic E-state index is 5.60. The van der Waals surface area contributed by atoms with E-state index in [0.717, 1.165) is 18.7 Å². The minimum absolute atomic E-state index is 0.0787. The molecule has 90 valence electrons. The van der Waals surface area contributed by atoms with E-state index in [1.165, 1.54) is 5.56 Å². The van der Waals surface area contributed by atoms with Crippen molar-refractivity contribution in [3.05, 3.63) is 29.6 Å². The van der Waals surface area contributed by atoms with Crippen LogP contribution in [0.2, 0.25) is 0 Å². The molecule has 0 aliphatic heterocycles. The summed E-state index contributed by atoms with van der Waals surface area (Å²) in [5, 5.41) is 0. The fraction of sp³-hybridized carbons (Fsp3) is 0.583. The van der Waals surface area contributed by atoms with Gasteiger partial charge in [0.15, 0.2) is 0 Å². The second kappa shape index (κ2) is 6.58. The predicted molar refractivity (Wildman–Crippen MR) is 64.7 cm³/mol. The van der Waals surface area contributed by atoms with Crippen molar-refractivity contribution < 1.29 is 4.74 Å². The number of nitrogens with one attached hydrogen (secondary N) is 1. The lowest BCUT2D eigenvalue weighted by Crippen LogP contribution is -2.33. The molecule has 0 fully saturated rings. The van der Waals surface area contributed by atoms with Crippen LogP contribution in [-0.2, 0) is 4.74 Å². The number of hydrazine groups is 1. The number of hydrogen-bond acceptors (Lipinski definition) is 4. The zero-order valence-electron chi connectivity index (χ0n) is 10.2. The van der Waals surface area contributed by atoms with Crippen LogP contribution in [0.1, 0.15) is 30.6 Å². The number of methoxy groups -OCH3 is 1. The summed E-state index contributed by atoms with van der Waals surface area (Å²) < 4.78 is 5.08. The van der Waals surface area contributed by atoms with E-state index in [4.69, 9.17) is 10.6 Å². The summed E-state index contributed by atoms with van der Waals surface area (Å²) in [4.78, 5) is 4.36. The maximum Gasteiger partial charge on any atom is 0.0658 e. The summed E-state index contributed by atoms with van der Waals surface area (Å²) in [6.45, 7) is 4.94. The lowest BCUT2D eigenvalue weighted by Gasteiger charge is -2.22. The Morgan fingerprint density at radius 2 is 2.31 bits per heavy atom. The van der Waals surface area contributed by atoms with Gasteiger partial charge >= 0.3 is 0 Å². The molecule has 0 spiro atoms. The molecule has 0 saturated heterocycles. The molecule has 4 nitrogen and oxygen atoms in total. The van der Waals surface area contributed by atoms with E-state index in [2.05, 4.69) is 30.3 Å². The highest BCUT2D eigenvalue weighted by Gasteiger charge is 2.18. The molecule has 0 aliphatic carbocycles. The highest BCUT2D eigenvalue weighted by Crippen LogP contribution is 2.22. The first-order valence-corrected chi connectivity index (χ1v) is 5.56. The van der Waals surface area contributed by atoms with E-state index in [0.29, 0.717) is 5.92 Å². The van der Waals surface area contributed by atoms with Gasteiger partial charge in [0.1, 0.15) is 0 Å². The van der Waals surface area contributed by atoms with E-state index >= 15 is 0 Å². The molecule has 1 rings (SSSR count). The number of aryl methyl sites for hydroxylation is 1. The van der Waals surface area contributed by atoms with E-state index in [1.54, 1.807) is 7.11 Å². The molecule has 1 aromatic heterocycles. The first-order valence-electron chi connectivity index (χ1n) is 5.56. The van der Waals surface area contributed by atoms with Gasteiger partial charge in [-0.25, -0.2) is 0 Å². The van der Waals surface area contributed by atoms with Crippen molar-refractivity contribution in [2.24, 2.45) is 11.8 Å². The molecule has 3 N–H and O–H groups in total. The van der Waals surface area contributed by atoms with Crippen LogP contribution in [0.15, 0.2) is 18.3 Å². The van der Waals surface area contributed by atoms with E-state index < -0.39 is 0 Å². The van der Waals surface area contributed by atoms with Gasteiger partial charge < -0.3 is 4.74 Å². The van der Waals surface area contributed by atoms with Crippen LogP contribution in [0, 0.1) is 12.8 Å². The van der Waals surface area contributed by atoms with Crippen LogP contribution in [0.4, 0.5) is 0 Å². The van der Waals surface area contributed by atoms with Gasteiger partial charge in [0.2, 0.25) is 0 Å². The van der Waals surface area contributed by atoms with Gasteiger partial charge in [-0.1, -0.05) is 6.92 Å². The fourth-order valence-electron chi connectivity index (χ4n) is 1.74. The highest BCUT2D eigenvalue weighted by atomic mass is 16.5. The number of nitrogens with two attached hydrogens (primary N) is 1. The van der Waals surface area contributed by atoms with Crippen molar-refractivity contribution in [3.8, 4) is 0 Å². The molecule has 0 saturated carbocycles. The quantitative estimate of drug-likeness (QED) is 0.567. The molecule has 1 aromatic rings. The van der Waals surface area contributed by atoms with Gasteiger partial charge in [-0.05, 0) is 37.0 Å². The first kappa shape index (κ1) is 13.1. The number of aromatic nitrogens is 1. The molecule has 0 amide bonds. The van der Waals surface area contributed by atoms with Gasteiger partial charge in [-0.3, -0.25) is 16.3 Å². The molecule has 1 heterocycles. The van der Waals surface area contributed by atoms with Crippen molar-refractivity contribution in [3.63, 3.8) is 0 Å². The van der Waals surface area contributed by atoms with Gasteiger partial charge in [-0.2, -0.15) is 0 Å². The largest absolute Gasteiger partial charge is 0.385 e. The van der Waals surface area contributed by atoms with Crippen LogP contribution in [0.5, 0.6) is 0 Å². The Hall–Kier alpha value is -0.970. The molecular formula is C12H21N3O. The van der Waals surface area contributed by atoms with Crippen LogP contribution >= 0.6 is 0 Å². The van der Waals surface area contributed by atoms with Crippen LogP contribution in [-0.4, -0.2) is 18.7 Å². The minimum atomic E-state index is 0.0787. The Morgan fingerprint density at radius 3 is 2.88 bits per heavy atom. The summed E-state index contributed by atoms with van der Waals surface area (Å²) >= 11 is 0. The number of rotatable bonds is 6. The fourth-order valence-corrected chi connectivity index (χ4v) is 1.74. The van der Waals surface area contributed by atoms with Crippen LogP contribution in [0.25, 0.3) is 0 Å². The van der Waals surface area contributed by atoms with E-state index in [9.17, 15) is 0 Å². The average molecular weight is 223 g/mol. The van der Waals surface area contributed by atoms with Crippen molar-refractivity contribution >= 4 is 0 Å². The average Bonchev–Trinajstić information content (AvgIpc) is 2.27. The van der Waals surface area contributed by atoms with Crippen LogP contribution in [0.3, 0.4) is 0 Å². The second-order valence-electron chi connectivity index (χ2n) is 4.16. The van der Waals surface area contributed by atoms with E-state index in [1.807, 2.05) is 12.3 Å². The molecular weight excluding hydrogens is 202 g/mol. The topological polar surface area (TPSA) is 60.2 Å². The summed E-state index contributed by atoms with van der Waals surface area (Å²) in [6.07, 6.45) is 2.78. The second-order valence-corrected chi connectivity index (χ2v) is 4.16. The number of pyridine rings is 1. The normalized spacial score (nSPS) is 14.8. The first-order chi connectivity index (χ1) is 7.69. The van der Waals surface area contributed by atoms with E-state index in [-0.39, 0.29) is 6.04 Å². The standard InChI is InChI=1S/C12H21N3O/c1-9-4-6-14-11(8-9)12(15-13)10(2)5-7-16-3/h4,6,8,10,12,15H,5,7,13H2,1-3H3. The van der Waals surface area contributed by atoms with Gasteiger partial charge in [0.25, 0.3) is 0 Å². The molecule has 2 atom stereocenters. The third-order valence-electron chi connectivity index (χ3n) is 2.78. The summed E-state index contributed by atoms with van der Waals surface area (Å²) in [5.74, 6) is 5.98. The lowest BCUT2D eigenvalue weighted by molar-refractivity contribution is 0.169. The highest BCUT2D eigenvalue weighted by molar-refractivity contribution is 5.17. The Morgan fingerprint density at radius 1 is 1.56 bits per heavy atom. The molecule has 0 aromatic carbocycles. The van der Waals surface area contributed by atoms with Crippen molar-refractivity contribution in [2.75, 3.05) is 13.7 Å². The summed E-state index contributed by atoms with van der Waals surface area (Å²) in [6, 6.07) is 4.13.